The van der Waals surface area contributed by atoms with E-state index in [9.17, 15) is 9.90 Å². The first-order chi connectivity index (χ1) is 8.66. The zero-order chi connectivity index (χ0) is 13.0. The zero-order valence-corrected chi connectivity index (χ0v) is 10.6. The molecule has 1 fully saturated rings. The minimum absolute atomic E-state index is 0.0191. The van der Waals surface area contributed by atoms with Gasteiger partial charge in [0.15, 0.2) is 0 Å². The van der Waals surface area contributed by atoms with Crippen molar-refractivity contribution in [3.05, 3.63) is 35.9 Å². The van der Waals surface area contributed by atoms with Crippen LogP contribution in [-0.2, 0) is 4.79 Å². The van der Waals surface area contributed by atoms with Gasteiger partial charge in [0, 0.05) is 13.1 Å². The fourth-order valence-corrected chi connectivity index (χ4v) is 2.19. The van der Waals surface area contributed by atoms with E-state index in [1.165, 1.54) is 5.56 Å². The molecule has 1 aliphatic heterocycles. The third kappa shape index (κ3) is 3.31. The van der Waals surface area contributed by atoms with Gasteiger partial charge in [0.25, 0.3) is 0 Å². The van der Waals surface area contributed by atoms with E-state index in [2.05, 4.69) is 29.7 Å². The van der Waals surface area contributed by atoms with Gasteiger partial charge in [-0.15, -0.1) is 0 Å². The van der Waals surface area contributed by atoms with E-state index in [-0.39, 0.29) is 11.9 Å². The van der Waals surface area contributed by atoms with E-state index in [4.69, 9.17) is 0 Å². The van der Waals surface area contributed by atoms with Crippen LogP contribution in [0.5, 0.6) is 0 Å². The third-order valence-electron chi connectivity index (χ3n) is 3.38. The van der Waals surface area contributed by atoms with Crippen molar-refractivity contribution in [1.29, 1.82) is 0 Å². The number of amides is 1. The van der Waals surface area contributed by atoms with Crippen LogP contribution in [0, 0.1) is 0 Å². The van der Waals surface area contributed by atoms with Gasteiger partial charge in [0.2, 0.25) is 5.91 Å². The van der Waals surface area contributed by atoms with Gasteiger partial charge in [-0.1, -0.05) is 37.3 Å². The van der Waals surface area contributed by atoms with E-state index in [0.29, 0.717) is 25.4 Å². The third-order valence-corrected chi connectivity index (χ3v) is 3.38. The molecule has 4 heteroatoms. The summed E-state index contributed by atoms with van der Waals surface area (Å²) in [4.78, 5) is 11.8. The smallest absolute Gasteiger partial charge is 0.237 e. The fourth-order valence-electron chi connectivity index (χ4n) is 2.19. The van der Waals surface area contributed by atoms with Crippen LogP contribution in [0.1, 0.15) is 24.8 Å². The van der Waals surface area contributed by atoms with E-state index in [0.717, 1.165) is 0 Å². The molecular weight excluding hydrogens is 228 g/mol. The predicted octanol–water partition coefficient (Wildman–Crippen LogP) is 0.629. The molecular formula is C14H20N2O2. The van der Waals surface area contributed by atoms with Gasteiger partial charge in [-0.05, 0) is 17.9 Å². The van der Waals surface area contributed by atoms with E-state index >= 15 is 0 Å². The Labute approximate surface area is 107 Å². The molecule has 2 rings (SSSR count). The van der Waals surface area contributed by atoms with Crippen LogP contribution in [-0.4, -0.2) is 36.2 Å². The summed E-state index contributed by atoms with van der Waals surface area (Å²) in [5.41, 5.74) is 1.22. The quantitative estimate of drug-likeness (QED) is 0.732. The van der Waals surface area contributed by atoms with Gasteiger partial charge in [0.1, 0.15) is 0 Å². The van der Waals surface area contributed by atoms with Gasteiger partial charge >= 0.3 is 0 Å². The van der Waals surface area contributed by atoms with Crippen LogP contribution in [0.15, 0.2) is 30.3 Å². The number of aliphatic hydroxyl groups is 1. The lowest BCUT2D eigenvalue weighted by atomic mass is 10.0. The molecule has 1 aliphatic rings. The molecule has 1 aromatic carbocycles. The number of β-amino-alcohol motifs (C(OH)–C–C–N with tert-alkyl or cyclic N) is 1. The average Bonchev–Trinajstić information content (AvgIpc) is 2.83. The second kappa shape index (κ2) is 5.98. The molecule has 1 amide bonds. The second-order valence-electron chi connectivity index (χ2n) is 4.91. The topological polar surface area (TPSA) is 61.4 Å². The Morgan fingerprint density at radius 1 is 1.50 bits per heavy atom. The Balaban J connectivity index is 1.79. The van der Waals surface area contributed by atoms with Gasteiger partial charge in [-0.25, -0.2) is 0 Å². The second-order valence-corrected chi connectivity index (χ2v) is 4.91. The maximum absolute atomic E-state index is 11.8. The number of hydrogen-bond acceptors (Lipinski definition) is 3. The van der Waals surface area contributed by atoms with Crippen molar-refractivity contribution in [2.24, 2.45) is 0 Å². The lowest BCUT2D eigenvalue weighted by Crippen LogP contribution is -2.41. The maximum Gasteiger partial charge on any atom is 0.237 e. The number of hydrogen-bond donors (Lipinski definition) is 3. The zero-order valence-electron chi connectivity index (χ0n) is 10.6. The monoisotopic (exact) mass is 248 g/mol. The first kappa shape index (κ1) is 13.1. The summed E-state index contributed by atoms with van der Waals surface area (Å²) in [6, 6.07) is 9.87. The Bertz CT molecular complexity index is 394. The van der Waals surface area contributed by atoms with E-state index in [1.807, 2.05) is 18.2 Å². The molecule has 3 atom stereocenters. The number of benzene rings is 1. The SMILES string of the molecule is CC(CNC(=O)C1CC(O)CN1)c1ccccc1. The van der Waals surface area contributed by atoms with Crippen molar-refractivity contribution >= 4 is 5.91 Å². The summed E-state index contributed by atoms with van der Waals surface area (Å²) < 4.78 is 0. The summed E-state index contributed by atoms with van der Waals surface area (Å²) >= 11 is 0. The molecule has 18 heavy (non-hydrogen) atoms. The highest BCUT2D eigenvalue weighted by molar-refractivity contribution is 5.82. The normalized spacial score (nSPS) is 24.8. The largest absolute Gasteiger partial charge is 0.392 e. The molecule has 0 saturated carbocycles. The van der Waals surface area contributed by atoms with Gasteiger partial charge < -0.3 is 15.7 Å². The van der Waals surface area contributed by atoms with Gasteiger partial charge in [0.05, 0.1) is 12.1 Å². The summed E-state index contributed by atoms with van der Waals surface area (Å²) in [5, 5.41) is 15.3. The summed E-state index contributed by atoms with van der Waals surface area (Å²) in [7, 11) is 0. The summed E-state index contributed by atoms with van der Waals surface area (Å²) in [5.74, 6) is 0.274. The van der Waals surface area contributed by atoms with E-state index < -0.39 is 6.10 Å². The van der Waals surface area contributed by atoms with Gasteiger partial charge in [-0.2, -0.15) is 0 Å². The minimum Gasteiger partial charge on any atom is -0.392 e. The molecule has 1 aromatic rings. The van der Waals surface area contributed by atoms with Crippen molar-refractivity contribution < 1.29 is 9.90 Å². The summed E-state index contributed by atoms with van der Waals surface area (Å²) in [6.45, 7) is 3.22. The Kier molecular flexibility index (Phi) is 4.33. The molecule has 98 valence electrons. The molecule has 3 unspecified atom stereocenters. The van der Waals surface area contributed by atoms with Crippen molar-refractivity contribution in [2.75, 3.05) is 13.1 Å². The van der Waals surface area contributed by atoms with Gasteiger partial charge in [-0.3, -0.25) is 4.79 Å². The lowest BCUT2D eigenvalue weighted by Gasteiger charge is -2.15. The Hall–Kier alpha value is -1.39. The number of carbonyl (C=O) groups is 1. The molecule has 0 aliphatic carbocycles. The first-order valence-corrected chi connectivity index (χ1v) is 6.41. The first-order valence-electron chi connectivity index (χ1n) is 6.41. The van der Waals surface area contributed by atoms with Crippen LogP contribution in [0.2, 0.25) is 0 Å². The number of rotatable bonds is 4. The van der Waals surface area contributed by atoms with Crippen LogP contribution in [0.4, 0.5) is 0 Å². The average molecular weight is 248 g/mol. The highest BCUT2D eigenvalue weighted by atomic mass is 16.3. The number of nitrogens with one attached hydrogen (secondary N) is 2. The molecule has 4 nitrogen and oxygen atoms in total. The van der Waals surface area contributed by atoms with Crippen LogP contribution >= 0.6 is 0 Å². The molecule has 1 saturated heterocycles. The molecule has 3 N–H and O–H groups in total. The van der Waals surface area contributed by atoms with Crippen LogP contribution in [0.3, 0.4) is 0 Å². The highest BCUT2D eigenvalue weighted by Gasteiger charge is 2.27. The van der Waals surface area contributed by atoms with Crippen molar-refractivity contribution in [3.63, 3.8) is 0 Å². The van der Waals surface area contributed by atoms with Crippen molar-refractivity contribution in [2.45, 2.75) is 31.4 Å². The molecule has 0 spiro atoms. The molecule has 0 aromatic heterocycles. The molecule has 1 heterocycles. The lowest BCUT2D eigenvalue weighted by molar-refractivity contribution is -0.123. The predicted molar refractivity (Wildman–Crippen MR) is 70.3 cm³/mol. The van der Waals surface area contributed by atoms with Crippen molar-refractivity contribution in [1.82, 2.24) is 10.6 Å². The van der Waals surface area contributed by atoms with Crippen LogP contribution < -0.4 is 10.6 Å². The van der Waals surface area contributed by atoms with Crippen LogP contribution in [0.25, 0.3) is 0 Å². The highest BCUT2D eigenvalue weighted by Crippen LogP contribution is 2.13. The fraction of sp³-hybridized carbons (Fsp3) is 0.500. The Morgan fingerprint density at radius 3 is 2.83 bits per heavy atom. The number of aliphatic hydroxyl groups excluding tert-OH is 1. The maximum atomic E-state index is 11.8. The Morgan fingerprint density at radius 2 is 2.22 bits per heavy atom. The standard InChI is InChI=1S/C14H20N2O2/c1-10(11-5-3-2-4-6-11)8-16-14(18)13-7-12(17)9-15-13/h2-6,10,12-13,15,17H,7-9H2,1H3,(H,16,18). The minimum atomic E-state index is -0.396. The summed E-state index contributed by atoms with van der Waals surface area (Å²) in [6.07, 6.45) is 0.109. The van der Waals surface area contributed by atoms with Crippen molar-refractivity contribution in [3.8, 4) is 0 Å². The molecule has 0 radical (unpaired) electrons. The number of carbonyl (C=O) groups excluding carboxylic acids is 1. The van der Waals surface area contributed by atoms with E-state index in [1.54, 1.807) is 0 Å². The molecule has 0 bridgehead atoms.